The number of sulfonamides is 1. The summed E-state index contributed by atoms with van der Waals surface area (Å²) in [4.78, 5) is 10.0. The molecule has 27 heavy (non-hydrogen) atoms. The lowest BCUT2D eigenvalue weighted by molar-refractivity contribution is -0.387. The van der Waals surface area contributed by atoms with E-state index in [0.29, 0.717) is 19.6 Å². The van der Waals surface area contributed by atoms with Gasteiger partial charge in [-0.1, -0.05) is 18.2 Å². The standard InChI is InChI=1S/C17H17FN2O6S/c1-11(12-5-2-3-6-13(12)18)19-27(23,24)17-10-16-15(9-14(17)20(21)22)25-7-4-8-26-16/h2-3,5-6,9-11,19H,4,7-8H2,1H3/t11-/m0/s1. The molecule has 0 saturated carbocycles. The maximum Gasteiger partial charge on any atom is 0.293 e. The van der Waals surface area contributed by atoms with Crippen molar-refractivity contribution in [2.24, 2.45) is 0 Å². The fourth-order valence-electron chi connectivity index (χ4n) is 2.72. The monoisotopic (exact) mass is 396 g/mol. The van der Waals surface area contributed by atoms with E-state index in [2.05, 4.69) is 4.72 Å². The lowest BCUT2D eigenvalue weighted by Gasteiger charge is -2.16. The van der Waals surface area contributed by atoms with Crippen LogP contribution < -0.4 is 14.2 Å². The first-order valence-electron chi connectivity index (χ1n) is 8.14. The van der Waals surface area contributed by atoms with Gasteiger partial charge in [-0.3, -0.25) is 10.1 Å². The van der Waals surface area contributed by atoms with E-state index < -0.39 is 37.4 Å². The zero-order valence-corrected chi connectivity index (χ0v) is 15.2. The number of benzene rings is 2. The van der Waals surface area contributed by atoms with Gasteiger partial charge in [0.05, 0.1) is 24.2 Å². The van der Waals surface area contributed by atoms with Crippen LogP contribution in [0.25, 0.3) is 0 Å². The van der Waals surface area contributed by atoms with E-state index in [-0.39, 0.29) is 17.1 Å². The summed E-state index contributed by atoms with van der Waals surface area (Å²) in [6.45, 7) is 2.05. The van der Waals surface area contributed by atoms with Crippen molar-refractivity contribution in [1.29, 1.82) is 0 Å². The number of halogens is 1. The molecule has 0 amide bonds. The number of hydrogen-bond donors (Lipinski definition) is 1. The van der Waals surface area contributed by atoms with E-state index in [0.717, 1.165) is 12.1 Å². The molecule has 1 aliphatic heterocycles. The first-order valence-corrected chi connectivity index (χ1v) is 9.62. The normalized spacial score (nSPS) is 15.0. The third-order valence-electron chi connectivity index (χ3n) is 4.02. The number of ether oxygens (including phenoxy) is 2. The Morgan fingerprint density at radius 2 is 1.81 bits per heavy atom. The van der Waals surface area contributed by atoms with Crippen molar-refractivity contribution in [2.75, 3.05) is 13.2 Å². The maximum absolute atomic E-state index is 13.9. The molecule has 8 nitrogen and oxygen atoms in total. The summed E-state index contributed by atoms with van der Waals surface area (Å²) < 4.78 is 52.6. The van der Waals surface area contributed by atoms with Gasteiger partial charge in [0.1, 0.15) is 5.82 Å². The Labute approximate surface area is 155 Å². The van der Waals surface area contributed by atoms with E-state index in [9.17, 15) is 22.9 Å². The zero-order valence-electron chi connectivity index (χ0n) is 14.3. The van der Waals surface area contributed by atoms with E-state index in [4.69, 9.17) is 9.47 Å². The molecular weight excluding hydrogens is 379 g/mol. The Hall–Kier alpha value is -2.72. The second kappa shape index (κ2) is 7.49. The Morgan fingerprint density at radius 3 is 2.44 bits per heavy atom. The maximum atomic E-state index is 13.9. The van der Waals surface area contributed by atoms with Gasteiger partial charge in [-0.15, -0.1) is 0 Å². The second-order valence-corrected chi connectivity index (χ2v) is 7.62. The predicted octanol–water partition coefficient (Wildman–Crippen LogP) is 2.93. The molecule has 0 radical (unpaired) electrons. The summed E-state index contributed by atoms with van der Waals surface area (Å²) in [5.41, 5.74) is -0.523. The van der Waals surface area contributed by atoms with Crippen molar-refractivity contribution >= 4 is 15.7 Å². The molecule has 2 aromatic carbocycles. The van der Waals surface area contributed by atoms with E-state index in [1.165, 1.54) is 25.1 Å². The van der Waals surface area contributed by atoms with Crippen LogP contribution in [0.4, 0.5) is 10.1 Å². The van der Waals surface area contributed by atoms with Gasteiger partial charge < -0.3 is 9.47 Å². The number of nitro benzene ring substituents is 1. The quantitative estimate of drug-likeness (QED) is 0.615. The lowest BCUT2D eigenvalue weighted by atomic mass is 10.1. The molecular formula is C17H17FN2O6S. The van der Waals surface area contributed by atoms with Crippen LogP contribution in [-0.4, -0.2) is 26.6 Å². The van der Waals surface area contributed by atoms with E-state index in [1.54, 1.807) is 6.07 Å². The van der Waals surface area contributed by atoms with Crippen LogP contribution in [0.15, 0.2) is 41.3 Å². The van der Waals surface area contributed by atoms with Crippen molar-refractivity contribution in [3.63, 3.8) is 0 Å². The van der Waals surface area contributed by atoms with Gasteiger partial charge in [-0.2, -0.15) is 0 Å². The van der Waals surface area contributed by atoms with Gasteiger partial charge in [0.25, 0.3) is 5.69 Å². The Kier molecular flexibility index (Phi) is 5.29. The summed E-state index contributed by atoms with van der Waals surface area (Å²) in [5.74, 6) is -0.363. The predicted molar refractivity (Wildman–Crippen MR) is 93.8 cm³/mol. The lowest BCUT2D eigenvalue weighted by Crippen LogP contribution is -2.28. The van der Waals surface area contributed by atoms with Crippen LogP contribution in [0.2, 0.25) is 0 Å². The molecule has 2 aromatic rings. The third-order valence-corrected chi connectivity index (χ3v) is 5.59. The minimum absolute atomic E-state index is 0.108. The molecule has 1 aliphatic rings. The van der Waals surface area contributed by atoms with Gasteiger partial charge in [-0.25, -0.2) is 17.5 Å². The number of hydrogen-bond acceptors (Lipinski definition) is 6. The smallest absolute Gasteiger partial charge is 0.293 e. The summed E-state index contributed by atoms with van der Waals surface area (Å²) in [6, 6.07) is 6.85. The average Bonchev–Trinajstić information content (AvgIpc) is 2.85. The Bertz CT molecular complexity index is 979. The Balaban J connectivity index is 2.01. The van der Waals surface area contributed by atoms with Crippen molar-refractivity contribution in [3.8, 4) is 11.5 Å². The molecule has 0 fully saturated rings. The fourth-order valence-corrected chi connectivity index (χ4v) is 4.11. The van der Waals surface area contributed by atoms with Crippen LogP contribution in [-0.2, 0) is 10.0 Å². The van der Waals surface area contributed by atoms with Crippen molar-refractivity contribution in [1.82, 2.24) is 4.72 Å². The molecule has 0 bridgehead atoms. The SMILES string of the molecule is C[C@H](NS(=O)(=O)c1cc2c(cc1[N+](=O)[O-])OCCCO2)c1ccccc1F. The summed E-state index contributed by atoms with van der Waals surface area (Å²) in [7, 11) is -4.34. The van der Waals surface area contributed by atoms with Gasteiger partial charge in [0, 0.05) is 24.1 Å². The topological polar surface area (TPSA) is 108 Å². The number of nitrogens with one attached hydrogen (secondary N) is 1. The van der Waals surface area contributed by atoms with Crippen molar-refractivity contribution < 1.29 is 27.2 Å². The van der Waals surface area contributed by atoms with Crippen LogP contribution >= 0.6 is 0 Å². The largest absolute Gasteiger partial charge is 0.490 e. The van der Waals surface area contributed by atoms with Crippen LogP contribution in [0, 0.1) is 15.9 Å². The van der Waals surface area contributed by atoms with Crippen LogP contribution in [0.5, 0.6) is 11.5 Å². The molecule has 10 heteroatoms. The first kappa shape index (κ1) is 19.1. The summed E-state index contributed by atoms with van der Waals surface area (Å²) in [5, 5.41) is 11.4. The highest BCUT2D eigenvalue weighted by Crippen LogP contribution is 2.38. The summed E-state index contributed by atoms with van der Waals surface area (Å²) >= 11 is 0. The van der Waals surface area contributed by atoms with Gasteiger partial charge in [0.15, 0.2) is 16.4 Å². The van der Waals surface area contributed by atoms with E-state index >= 15 is 0 Å². The number of nitrogens with zero attached hydrogens (tertiary/aromatic N) is 1. The first-order chi connectivity index (χ1) is 12.8. The summed E-state index contributed by atoms with van der Waals surface area (Å²) in [6.07, 6.45) is 0.563. The number of fused-ring (bicyclic) bond motifs is 1. The van der Waals surface area contributed by atoms with Crippen LogP contribution in [0.1, 0.15) is 24.9 Å². The molecule has 1 N–H and O–H groups in total. The van der Waals surface area contributed by atoms with Gasteiger partial charge in [-0.05, 0) is 13.0 Å². The molecule has 1 atom stereocenters. The molecule has 3 rings (SSSR count). The zero-order chi connectivity index (χ0) is 19.6. The van der Waals surface area contributed by atoms with Gasteiger partial charge >= 0.3 is 0 Å². The highest BCUT2D eigenvalue weighted by Gasteiger charge is 2.31. The average molecular weight is 396 g/mol. The molecule has 0 saturated heterocycles. The van der Waals surface area contributed by atoms with Crippen molar-refractivity contribution in [3.05, 3.63) is 57.9 Å². The molecule has 0 aromatic heterocycles. The highest BCUT2D eigenvalue weighted by atomic mass is 32.2. The van der Waals surface area contributed by atoms with Crippen molar-refractivity contribution in [2.45, 2.75) is 24.3 Å². The van der Waals surface area contributed by atoms with Gasteiger partial charge in [0.2, 0.25) is 10.0 Å². The second-order valence-electron chi connectivity index (χ2n) is 5.94. The number of nitro groups is 1. The molecule has 0 aliphatic carbocycles. The minimum Gasteiger partial charge on any atom is -0.490 e. The minimum atomic E-state index is -4.34. The molecule has 0 spiro atoms. The molecule has 0 unspecified atom stereocenters. The number of rotatable bonds is 5. The Morgan fingerprint density at radius 1 is 1.19 bits per heavy atom. The van der Waals surface area contributed by atoms with Crippen LogP contribution in [0.3, 0.4) is 0 Å². The highest BCUT2D eigenvalue weighted by molar-refractivity contribution is 7.89. The molecule has 144 valence electrons. The molecule has 1 heterocycles. The fraction of sp³-hybridized carbons (Fsp3) is 0.294. The van der Waals surface area contributed by atoms with E-state index in [1.807, 2.05) is 0 Å². The third kappa shape index (κ3) is 4.01.